The van der Waals surface area contributed by atoms with Gasteiger partial charge in [0.05, 0.1) is 0 Å². The second-order valence-electron chi connectivity index (χ2n) is 3.45. The Labute approximate surface area is 113 Å². The number of nitrogens with zero attached hydrogens (tertiary/aromatic N) is 2. The third-order valence-electron chi connectivity index (χ3n) is 2.05. The second-order valence-corrected chi connectivity index (χ2v) is 3.45. The summed E-state index contributed by atoms with van der Waals surface area (Å²) < 4.78 is 1.43. The Morgan fingerprint density at radius 2 is 2.11 bits per heavy atom. The van der Waals surface area contributed by atoms with Crippen LogP contribution in [0.15, 0.2) is 54.8 Å². The van der Waals surface area contributed by atoms with E-state index in [0.29, 0.717) is 5.57 Å². The summed E-state index contributed by atoms with van der Waals surface area (Å²) in [4.78, 5) is 24.6. The van der Waals surface area contributed by atoms with E-state index in [4.69, 9.17) is 4.79 Å². The Kier molecular flexibility index (Phi) is 8.36. The molecule has 1 rings (SSSR count). The lowest BCUT2D eigenvalue weighted by Gasteiger charge is -2.04. The number of aldehydes is 1. The summed E-state index contributed by atoms with van der Waals surface area (Å²) in [5, 5.41) is 2.96. The highest BCUT2D eigenvalue weighted by Gasteiger charge is 2.08. The number of aromatic nitrogens is 2. The maximum absolute atomic E-state index is 12.0. The molecular formula is C14H19N3O2. The first kappa shape index (κ1) is 16.6. The number of rotatable bonds is 4. The quantitative estimate of drug-likeness (QED) is 0.511. The first-order chi connectivity index (χ1) is 9.10. The molecule has 0 aliphatic heterocycles. The third kappa shape index (κ3) is 6.16. The molecule has 1 heterocycles. The van der Waals surface area contributed by atoms with Crippen LogP contribution >= 0.6 is 0 Å². The van der Waals surface area contributed by atoms with Gasteiger partial charge >= 0.3 is 0 Å². The van der Waals surface area contributed by atoms with E-state index >= 15 is 0 Å². The lowest BCUT2D eigenvalue weighted by molar-refractivity contribution is -0.106. The first-order valence-electron chi connectivity index (χ1n) is 5.71. The van der Waals surface area contributed by atoms with Crippen molar-refractivity contribution in [3.8, 4) is 0 Å². The van der Waals surface area contributed by atoms with Gasteiger partial charge in [0.2, 0.25) is 0 Å². The van der Waals surface area contributed by atoms with Gasteiger partial charge < -0.3 is 10.1 Å². The molecule has 5 nitrogen and oxygen atoms in total. The predicted octanol–water partition coefficient (Wildman–Crippen LogP) is 1.96. The monoisotopic (exact) mass is 261 g/mol. The van der Waals surface area contributed by atoms with Crippen molar-refractivity contribution in [2.45, 2.75) is 13.8 Å². The van der Waals surface area contributed by atoms with E-state index in [0.717, 1.165) is 12.0 Å². The highest BCUT2D eigenvalue weighted by atomic mass is 16.2. The SMILES string of the molecule is C=C/C=C(\C=C(/C)NC)C(=O)n1ccnc1.CC=O. The Hall–Kier alpha value is -2.43. The Balaban J connectivity index is 0.000000982. The van der Waals surface area contributed by atoms with Crippen molar-refractivity contribution in [3.05, 3.63) is 54.8 Å². The highest BCUT2D eigenvalue weighted by molar-refractivity contribution is 5.98. The number of allylic oxidation sites excluding steroid dienone is 5. The molecule has 0 spiro atoms. The standard InChI is InChI=1S/C12H15N3O.C2H4O/c1-4-5-11(8-10(2)13-3)12(16)15-7-6-14-9-15;1-2-3/h4-9,13H,1H2,2-3H3;2H,1H3/b10-8+,11-5+;. The van der Waals surface area contributed by atoms with Gasteiger partial charge in [-0.05, 0) is 26.0 Å². The van der Waals surface area contributed by atoms with Crippen LogP contribution in [0.3, 0.4) is 0 Å². The molecule has 0 aromatic carbocycles. The van der Waals surface area contributed by atoms with E-state index < -0.39 is 0 Å². The molecule has 0 saturated carbocycles. The minimum Gasteiger partial charge on any atom is -0.392 e. The molecule has 1 aromatic heterocycles. The summed E-state index contributed by atoms with van der Waals surface area (Å²) in [5.74, 6) is -0.132. The van der Waals surface area contributed by atoms with Crippen molar-refractivity contribution in [1.29, 1.82) is 0 Å². The zero-order valence-electron chi connectivity index (χ0n) is 11.5. The van der Waals surface area contributed by atoms with Gasteiger partial charge in [0.15, 0.2) is 0 Å². The third-order valence-corrected chi connectivity index (χ3v) is 2.05. The van der Waals surface area contributed by atoms with Crippen LogP contribution in [-0.2, 0) is 4.79 Å². The number of carbonyl (C=O) groups excluding carboxylic acids is 2. The van der Waals surface area contributed by atoms with Crippen molar-refractivity contribution < 1.29 is 9.59 Å². The van der Waals surface area contributed by atoms with Gasteiger partial charge in [-0.15, -0.1) is 0 Å². The van der Waals surface area contributed by atoms with Crippen LogP contribution in [0.25, 0.3) is 0 Å². The van der Waals surface area contributed by atoms with E-state index in [-0.39, 0.29) is 5.91 Å². The summed E-state index contributed by atoms with van der Waals surface area (Å²) in [5.41, 5.74) is 1.46. The first-order valence-corrected chi connectivity index (χ1v) is 5.71. The molecule has 0 amide bonds. The van der Waals surface area contributed by atoms with E-state index in [2.05, 4.69) is 16.9 Å². The zero-order chi connectivity index (χ0) is 14.7. The molecule has 0 aliphatic rings. The van der Waals surface area contributed by atoms with Crippen molar-refractivity contribution >= 4 is 12.2 Å². The molecule has 0 unspecified atom stereocenters. The van der Waals surface area contributed by atoms with Crippen molar-refractivity contribution in [1.82, 2.24) is 14.9 Å². The Morgan fingerprint density at radius 1 is 1.47 bits per heavy atom. The zero-order valence-corrected chi connectivity index (χ0v) is 11.5. The molecule has 1 N–H and O–H groups in total. The fourth-order valence-corrected chi connectivity index (χ4v) is 1.14. The number of nitrogens with one attached hydrogen (secondary N) is 1. The average molecular weight is 261 g/mol. The number of hydrogen-bond acceptors (Lipinski definition) is 4. The van der Waals surface area contributed by atoms with Crippen molar-refractivity contribution in [2.24, 2.45) is 0 Å². The van der Waals surface area contributed by atoms with Crippen molar-refractivity contribution in [3.63, 3.8) is 0 Å². The molecule has 0 saturated heterocycles. The molecule has 0 atom stereocenters. The van der Waals surface area contributed by atoms with Gasteiger partial charge in [0.25, 0.3) is 5.91 Å². The molecule has 102 valence electrons. The van der Waals surface area contributed by atoms with Crippen LogP contribution in [-0.4, -0.2) is 28.8 Å². The van der Waals surface area contributed by atoms with E-state index in [1.54, 1.807) is 37.7 Å². The van der Waals surface area contributed by atoms with Crippen LogP contribution in [0.5, 0.6) is 0 Å². The maximum atomic E-state index is 12.0. The maximum Gasteiger partial charge on any atom is 0.263 e. The lowest BCUT2D eigenvalue weighted by atomic mass is 10.2. The van der Waals surface area contributed by atoms with Crippen LogP contribution in [0.4, 0.5) is 0 Å². The molecule has 0 radical (unpaired) electrons. The summed E-state index contributed by atoms with van der Waals surface area (Å²) in [6.07, 6.45) is 10.4. The highest BCUT2D eigenvalue weighted by Crippen LogP contribution is 2.05. The average Bonchev–Trinajstić information content (AvgIpc) is 2.92. The largest absolute Gasteiger partial charge is 0.392 e. The molecule has 0 aliphatic carbocycles. The number of hydrogen-bond donors (Lipinski definition) is 1. The minimum absolute atomic E-state index is 0.132. The van der Waals surface area contributed by atoms with Crippen LogP contribution in [0, 0.1) is 0 Å². The second kappa shape index (κ2) is 9.58. The predicted molar refractivity (Wildman–Crippen MR) is 75.7 cm³/mol. The molecule has 0 fully saturated rings. The summed E-state index contributed by atoms with van der Waals surface area (Å²) in [6.45, 7) is 6.93. The van der Waals surface area contributed by atoms with Gasteiger partial charge in [0, 0.05) is 30.7 Å². The Bertz CT molecular complexity index is 471. The van der Waals surface area contributed by atoms with Gasteiger partial charge in [-0.2, -0.15) is 0 Å². The molecule has 1 aromatic rings. The number of imidazole rings is 1. The molecule has 5 heteroatoms. The lowest BCUT2D eigenvalue weighted by Crippen LogP contribution is -2.12. The van der Waals surface area contributed by atoms with Crippen LogP contribution in [0.2, 0.25) is 0 Å². The summed E-state index contributed by atoms with van der Waals surface area (Å²) in [6, 6.07) is 0. The van der Waals surface area contributed by atoms with Gasteiger partial charge in [-0.25, -0.2) is 4.98 Å². The van der Waals surface area contributed by atoms with E-state index in [1.807, 2.05) is 6.92 Å². The van der Waals surface area contributed by atoms with Gasteiger partial charge in [0.1, 0.15) is 12.6 Å². The Morgan fingerprint density at radius 3 is 2.53 bits per heavy atom. The molecule has 19 heavy (non-hydrogen) atoms. The van der Waals surface area contributed by atoms with E-state index in [9.17, 15) is 4.79 Å². The normalized spacial score (nSPS) is 11.1. The smallest absolute Gasteiger partial charge is 0.263 e. The topological polar surface area (TPSA) is 64.0 Å². The van der Waals surface area contributed by atoms with E-state index in [1.165, 1.54) is 17.8 Å². The summed E-state index contributed by atoms with van der Waals surface area (Å²) >= 11 is 0. The molecular weight excluding hydrogens is 242 g/mol. The van der Waals surface area contributed by atoms with Crippen molar-refractivity contribution in [2.75, 3.05) is 7.05 Å². The minimum atomic E-state index is -0.132. The molecule has 0 bridgehead atoms. The fraction of sp³-hybridized carbons (Fsp3) is 0.214. The van der Waals surface area contributed by atoms with Crippen LogP contribution < -0.4 is 5.32 Å². The summed E-state index contributed by atoms with van der Waals surface area (Å²) in [7, 11) is 1.80. The number of carbonyl (C=O) groups is 2. The van der Waals surface area contributed by atoms with Gasteiger partial charge in [-0.3, -0.25) is 9.36 Å². The van der Waals surface area contributed by atoms with Crippen LogP contribution in [0.1, 0.15) is 18.6 Å². The van der Waals surface area contributed by atoms with Gasteiger partial charge in [-0.1, -0.05) is 12.7 Å². The fourth-order valence-electron chi connectivity index (χ4n) is 1.14.